The molecule has 0 aromatic rings. The normalized spacial score (nSPS) is 14.4. The first-order valence-corrected chi connectivity index (χ1v) is 29.3. The molecule has 3 atom stereocenters. The Morgan fingerprint density at radius 1 is 0.529 bits per heavy atom. The number of quaternary nitrogens is 1. The monoisotopic (exact) mass is 974 g/mol. The summed E-state index contributed by atoms with van der Waals surface area (Å²) in [5, 5.41) is 3.03. The number of rotatable bonds is 49. The Labute approximate surface area is 419 Å². The van der Waals surface area contributed by atoms with Crippen LogP contribution in [0.25, 0.3) is 0 Å². The predicted octanol–water partition coefficient (Wildman–Crippen LogP) is 16.5. The summed E-state index contributed by atoms with van der Waals surface area (Å²) in [5.41, 5.74) is 0. The Morgan fingerprint density at radius 3 is 1.43 bits per heavy atom. The van der Waals surface area contributed by atoms with Crippen molar-refractivity contribution in [2.24, 2.45) is 0 Å². The highest BCUT2D eigenvalue weighted by Gasteiger charge is 2.30. The average Bonchev–Trinajstić information content (AvgIpc) is 3.29. The first-order valence-electron chi connectivity index (χ1n) is 27.8. The van der Waals surface area contributed by atoms with Gasteiger partial charge in [-0.1, -0.05) is 216 Å². The lowest BCUT2D eigenvalue weighted by Gasteiger charge is -2.27. The van der Waals surface area contributed by atoms with E-state index in [1.54, 1.807) is 0 Å². The smallest absolute Gasteiger partial charge is 0.456 e. The zero-order valence-corrected chi connectivity index (χ0v) is 45.7. The standard InChI is InChI=1S/C58H105N2O7P/c1-7-10-13-16-19-22-25-27-28-29-30-31-32-33-36-39-42-45-48-51-58(62)67-56(49-46-43-40-37-35-26-23-20-17-14-11-8-2)55(54-66-68(63,64)65-53-52-60(4,5)6)59-57(61)50-47-44-41-38-34-24-21-18-15-12-9-3/h10,13,19,22,27-28,30-31,33,36,46,49,55-56H,7-9,11-12,14-18,20-21,23-26,29,32,34-35,37-45,47-48,50-54H2,1-6H3,(H-,59,61,63,64)/p+1/b13-10-,22-19-,28-27-,31-30-,36-33-,49-46+. The summed E-state index contributed by atoms with van der Waals surface area (Å²) in [4.78, 5) is 37.5. The molecule has 0 bridgehead atoms. The van der Waals surface area contributed by atoms with E-state index < -0.39 is 20.0 Å². The molecule has 1 amide bonds. The van der Waals surface area contributed by atoms with E-state index in [4.69, 9.17) is 13.8 Å². The maximum Gasteiger partial charge on any atom is 0.472 e. The van der Waals surface area contributed by atoms with E-state index in [1.807, 2.05) is 33.3 Å². The number of likely N-dealkylation sites (N-methyl/N-ethyl adjacent to an activating group) is 1. The number of amides is 1. The van der Waals surface area contributed by atoms with Crippen LogP contribution >= 0.6 is 7.82 Å². The number of esters is 1. The summed E-state index contributed by atoms with van der Waals surface area (Å²) in [6.45, 7) is 6.85. The van der Waals surface area contributed by atoms with Crippen LogP contribution in [0.15, 0.2) is 72.9 Å². The molecular formula is C58H106N2O7P+. The van der Waals surface area contributed by atoms with Crippen molar-refractivity contribution in [3.05, 3.63) is 72.9 Å². The highest BCUT2D eigenvalue weighted by atomic mass is 31.2. The molecular weight excluding hydrogens is 868 g/mol. The van der Waals surface area contributed by atoms with Crippen molar-refractivity contribution >= 4 is 19.7 Å². The lowest BCUT2D eigenvalue weighted by molar-refractivity contribution is -0.870. The Balaban J connectivity index is 5.40. The number of nitrogens with zero attached hydrogens (tertiary/aromatic N) is 1. The van der Waals surface area contributed by atoms with Gasteiger partial charge >= 0.3 is 13.8 Å². The van der Waals surface area contributed by atoms with Gasteiger partial charge in [0.05, 0.1) is 33.8 Å². The van der Waals surface area contributed by atoms with Crippen molar-refractivity contribution in [3.8, 4) is 0 Å². The molecule has 68 heavy (non-hydrogen) atoms. The largest absolute Gasteiger partial charge is 0.472 e. The number of nitrogens with one attached hydrogen (secondary N) is 1. The molecule has 0 radical (unpaired) electrons. The first-order chi connectivity index (χ1) is 32.9. The van der Waals surface area contributed by atoms with Gasteiger partial charge in [-0.05, 0) is 76.7 Å². The number of allylic oxidation sites excluding steroid dienone is 11. The average molecular weight is 974 g/mol. The van der Waals surface area contributed by atoms with Crippen LogP contribution in [-0.2, 0) is 27.9 Å². The molecule has 0 spiro atoms. The summed E-state index contributed by atoms with van der Waals surface area (Å²) in [6, 6.07) is -0.860. The van der Waals surface area contributed by atoms with E-state index in [0.29, 0.717) is 23.9 Å². The van der Waals surface area contributed by atoms with E-state index in [-0.39, 0.29) is 31.5 Å². The van der Waals surface area contributed by atoms with Crippen LogP contribution in [0.5, 0.6) is 0 Å². The summed E-state index contributed by atoms with van der Waals surface area (Å²) in [6.07, 6.45) is 60.4. The van der Waals surface area contributed by atoms with Gasteiger partial charge in [0.2, 0.25) is 5.91 Å². The van der Waals surface area contributed by atoms with Crippen LogP contribution in [0.2, 0.25) is 0 Å². The second-order valence-electron chi connectivity index (χ2n) is 19.7. The first kappa shape index (κ1) is 65.5. The topological polar surface area (TPSA) is 111 Å². The number of hydrogen-bond acceptors (Lipinski definition) is 6. The van der Waals surface area contributed by atoms with E-state index in [1.165, 1.54) is 103 Å². The second kappa shape index (κ2) is 48.1. The lowest BCUT2D eigenvalue weighted by Crippen LogP contribution is -2.47. The number of ether oxygens (including phenoxy) is 1. The van der Waals surface area contributed by atoms with Crippen molar-refractivity contribution in [3.63, 3.8) is 0 Å². The molecule has 0 saturated heterocycles. The van der Waals surface area contributed by atoms with Crippen molar-refractivity contribution < 1.29 is 37.3 Å². The molecule has 10 heteroatoms. The molecule has 0 heterocycles. The van der Waals surface area contributed by atoms with Gasteiger partial charge in [-0.2, -0.15) is 0 Å². The lowest BCUT2D eigenvalue weighted by atomic mass is 10.0. The third kappa shape index (κ3) is 48.5. The maximum atomic E-state index is 13.4. The third-order valence-corrected chi connectivity index (χ3v) is 12.9. The Kier molecular flexibility index (Phi) is 46.3. The quantitative estimate of drug-likeness (QED) is 0.0205. The van der Waals surface area contributed by atoms with Crippen LogP contribution in [0.3, 0.4) is 0 Å². The minimum atomic E-state index is -4.45. The number of phosphoric acid groups is 1. The van der Waals surface area contributed by atoms with Gasteiger partial charge < -0.3 is 19.4 Å². The number of carbonyl (C=O) groups is 2. The highest BCUT2D eigenvalue weighted by molar-refractivity contribution is 7.47. The molecule has 0 fully saturated rings. The SMILES string of the molecule is CC/C=C\C/C=C\C/C=C\C/C=C\C/C=C\CCCCCC(=O)OC(/C=C/CCCCCCCCCCCC)C(COP(=O)(O)OCC[N+](C)(C)C)NC(=O)CCCCCCCCCCCCC. The van der Waals surface area contributed by atoms with Crippen LogP contribution < -0.4 is 5.32 Å². The van der Waals surface area contributed by atoms with Crippen LogP contribution in [0.1, 0.15) is 233 Å². The van der Waals surface area contributed by atoms with Gasteiger partial charge in [0.15, 0.2) is 0 Å². The Hall–Kier alpha value is -2.55. The predicted molar refractivity (Wildman–Crippen MR) is 291 cm³/mol. The number of hydrogen-bond donors (Lipinski definition) is 2. The molecule has 0 aliphatic rings. The molecule has 3 unspecified atom stereocenters. The van der Waals surface area contributed by atoms with Crippen molar-refractivity contribution in [1.29, 1.82) is 0 Å². The zero-order valence-electron chi connectivity index (χ0n) is 44.8. The third-order valence-electron chi connectivity index (χ3n) is 11.9. The molecule has 0 aliphatic carbocycles. The van der Waals surface area contributed by atoms with Crippen molar-refractivity contribution in [1.82, 2.24) is 5.32 Å². The zero-order chi connectivity index (χ0) is 50.1. The molecule has 394 valence electrons. The molecule has 9 nitrogen and oxygen atoms in total. The fourth-order valence-electron chi connectivity index (χ4n) is 7.61. The fourth-order valence-corrected chi connectivity index (χ4v) is 8.35. The van der Waals surface area contributed by atoms with E-state index >= 15 is 0 Å². The summed E-state index contributed by atoms with van der Waals surface area (Å²) in [5.74, 6) is -0.545. The molecule has 0 rings (SSSR count). The molecule has 0 aromatic heterocycles. The van der Waals surface area contributed by atoms with E-state index in [9.17, 15) is 19.0 Å². The minimum Gasteiger partial charge on any atom is -0.456 e. The highest BCUT2D eigenvalue weighted by Crippen LogP contribution is 2.43. The Morgan fingerprint density at radius 2 is 0.941 bits per heavy atom. The summed E-state index contributed by atoms with van der Waals surface area (Å²) in [7, 11) is 1.47. The summed E-state index contributed by atoms with van der Waals surface area (Å²) < 4.78 is 30.5. The van der Waals surface area contributed by atoms with Crippen LogP contribution in [0, 0.1) is 0 Å². The van der Waals surface area contributed by atoms with Crippen molar-refractivity contribution in [2.75, 3.05) is 40.9 Å². The van der Waals surface area contributed by atoms with E-state index in [2.05, 4.69) is 86.8 Å². The minimum absolute atomic E-state index is 0.0331. The molecule has 0 saturated carbocycles. The van der Waals surface area contributed by atoms with Gasteiger partial charge in [0.25, 0.3) is 0 Å². The number of phosphoric ester groups is 1. The molecule has 0 aromatic carbocycles. The Bertz CT molecular complexity index is 1400. The van der Waals surface area contributed by atoms with Crippen LogP contribution in [0.4, 0.5) is 0 Å². The van der Waals surface area contributed by atoms with Crippen molar-refractivity contribution in [2.45, 2.75) is 245 Å². The summed E-state index contributed by atoms with van der Waals surface area (Å²) >= 11 is 0. The van der Waals surface area contributed by atoms with Gasteiger partial charge in [-0.15, -0.1) is 0 Å². The molecule has 0 aliphatic heterocycles. The maximum absolute atomic E-state index is 13.4. The van der Waals surface area contributed by atoms with Gasteiger partial charge in [0.1, 0.15) is 19.3 Å². The fraction of sp³-hybridized carbons (Fsp3) is 0.759. The number of carbonyl (C=O) groups excluding carboxylic acids is 2. The second-order valence-corrected chi connectivity index (χ2v) is 21.2. The van der Waals surface area contributed by atoms with Gasteiger partial charge in [0, 0.05) is 12.8 Å². The van der Waals surface area contributed by atoms with Crippen LogP contribution in [-0.4, -0.2) is 74.3 Å². The van der Waals surface area contributed by atoms with Gasteiger partial charge in [-0.3, -0.25) is 18.6 Å². The van der Waals surface area contributed by atoms with Gasteiger partial charge in [-0.25, -0.2) is 4.57 Å². The number of unbranched alkanes of at least 4 members (excludes halogenated alkanes) is 23. The van der Waals surface area contributed by atoms with E-state index in [0.717, 1.165) is 89.9 Å². The molecule has 2 N–H and O–H groups in total.